The van der Waals surface area contributed by atoms with E-state index in [4.69, 9.17) is 11.6 Å². The lowest BCUT2D eigenvalue weighted by Gasteiger charge is -2.41. The van der Waals surface area contributed by atoms with Crippen molar-refractivity contribution >= 4 is 23.1 Å². The van der Waals surface area contributed by atoms with Gasteiger partial charge in [-0.25, -0.2) is 0 Å². The normalized spacial score (nSPS) is 27.4. The third-order valence-corrected chi connectivity index (χ3v) is 4.40. The number of Topliss-reactive ketones (excluding diaryl/α,β-unsaturated/α-hetero) is 1. The lowest BCUT2D eigenvalue weighted by molar-refractivity contribution is -0.129. The summed E-state index contributed by atoms with van der Waals surface area (Å²) in [7, 11) is 0. The molecule has 0 spiro atoms. The second-order valence-corrected chi connectivity index (χ2v) is 5.70. The second-order valence-electron chi connectivity index (χ2n) is 5.29. The van der Waals surface area contributed by atoms with Gasteiger partial charge in [-0.3, -0.25) is 4.79 Å². The Kier molecular flexibility index (Phi) is 3.04. The van der Waals surface area contributed by atoms with Gasteiger partial charge in [0.25, 0.3) is 0 Å². The monoisotopic (exact) mass is 264 g/mol. The summed E-state index contributed by atoms with van der Waals surface area (Å²) in [6.45, 7) is 5.24. The van der Waals surface area contributed by atoms with Gasteiger partial charge in [-0.15, -0.1) is 0 Å². The summed E-state index contributed by atoms with van der Waals surface area (Å²) in [6.07, 6.45) is 0. The molecule has 3 nitrogen and oxygen atoms in total. The summed E-state index contributed by atoms with van der Waals surface area (Å²) < 4.78 is 0. The van der Waals surface area contributed by atoms with E-state index in [9.17, 15) is 4.79 Å². The van der Waals surface area contributed by atoms with Crippen molar-refractivity contribution < 1.29 is 4.79 Å². The van der Waals surface area contributed by atoms with E-state index in [-0.39, 0.29) is 11.8 Å². The van der Waals surface area contributed by atoms with E-state index in [0.717, 1.165) is 42.5 Å². The fourth-order valence-corrected chi connectivity index (χ4v) is 3.05. The molecule has 1 aromatic carbocycles. The second kappa shape index (κ2) is 4.56. The molecule has 4 heteroatoms. The van der Waals surface area contributed by atoms with Crippen LogP contribution in [0.3, 0.4) is 0 Å². The van der Waals surface area contributed by atoms with E-state index in [2.05, 4.69) is 16.3 Å². The number of hydrogen-bond acceptors (Lipinski definition) is 3. The van der Waals surface area contributed by atoms with Crippen molar-refractivity contribution in [3.8, 4) is 0 Å². The van der Waals surface area contributed by atoms with E-state index in [1.165, 1.54) is 0 Å². The minimum atomic E-state index is 0.137. The van der Waals surface area contributed by atoms with Gasteiger partial charge in [0.1, 0.15) is 5.78 Å². The first-order chi connectivity index (χ1) is 8.65. The van der Waals surface area contributed by atoms with Crippen molar-refractivity contribution in [2.75, 3.05) is 31.1 Å². The minimum absolute atomic E-state index is 0.137. The van der Waals surface area contributed by atoms with Gasteiger partial charge in [-0.2, -0.15) is 0 Å². The highest BCUT2D eigenvalue weighted by atomic mass is 35.5. The summed E-state index contributed by atoms with van der Waals surface area (Å²) in [5.41, 5.74) is 2.23. The molecule has 2 bridgehead atoms. The van der Waals surface area contributed by atoms with Crippen molar-refractivity contribution in [3.05, 3.63) is 28.8 Å². The Morgan fingerprint density at radius 3 is 2.56 bits per heavy atom. The molecule has 0 amide bonds. The average molecular weight is 265 g/mol. The number of nitrogens with zero attached hydrogens (tertiary/aromatic N) is 1. The molecule has 2 aliphatic rings. The Morgan fingerprint density at radius 1 is 1.28 bits per heavy atom. The van der Waals surface area contributed by atoms with Crippen molar-refractivity contribution in [1.82, 2.24) is 5.32 Å². The van der Waals surface area contributed by atoms with Crippen molar-refractivity contribution in [3.63, 3.8) is 0 Å². The molecule has 2 saturated heterocycles. The van der Waals surface area contributed by atoms with Gasteiger partial charge in [0.15, 0.2) is 0 Å². The number of anilines is 1. The number of piperidine rings is 2. The first-order valence-corrected chi connectivity index (χ1v) is 6.78. The Morgan fingerprint density at radius 2 is 1.94 bits per heavy atom. The zero-order valence-electron chi connectivity index (χ0n) is 10.4. The molecule has 1 aromatic rings. The third-order valence-electron chi connectivity index (χ3n) is 3.99. The van der Waals surface area contributed by atoms with Gasteiger partial charge in [0.2, 0.25) is 0 Å². The van der Waals surface area contributed by atoms with Crippen LogP contribution >= 0.6 is 11.6 Å². The maximum absolute atomic E-state index is 12.0. The maximum Gasteiger partial charge on any atom is 0.145 e. The summed E-state index contributed by atoms with van der Waals surface area (Å²) in [5.74, 6) is 0.707. The molecule has 2 unspecified atom stereocenters. The fraction of sp³-hybridized carbons (Fsp3) is 0.500. The number of ketones is 1. The zero-order chi connectivity index (χ0) is 12.7. The topological polar surface area (TPSA) is 32.3 Å². The van der Waals surface area contributed by atoms with Crippen LogP contribution in [0.4, 0.5) is 5.69 Å². The molecule has 0 aliphatic carbocycles. The summed E-state index contributed by atoms with van der Waals surface area (Å²) >= 11 is 6.18. The summed E-state index contributed by atoms with van der Waals surface area (Å²) in [6, 6.07) is 6.15. The predicted molar refractivity (Wildman–Crippen MR) is 73.3 cm³/mol. The molecule has 0 saturated carbocycles. The van der Waals surface area contributed by atoms with Crippen LogP contribution in [0.2, 0.25) is 5.02 Å². The molecule has 1 N–H and O–H groups in total. The van der Waals surface area contributed by atoms with Crippen LogP contribution in [0.1, 0.15) is 5.56 Å². The molecule has 0 aromatic heterocycles. The van der Waals surface area contributed by atoms with Crippen molar-refractivity contribution in [2.24, 2.45) is 11.8 Å². The van der Waals surface area contributed by atoms with E-state index < -0.39 is 0 Å². The number of nitrogens with one attached hydrogen (secondary N) is 1. The number of halogens is 1. The van der Waals surface area contributed by atoms with Crippen LogP contribution in [0, 0.1) is 18.8 Å². The summed E-state index contributed by atoms with van der Waals surface area (Å²) in [4.78, 5) is 14.3. The van der Waals surface area contributed by atoms with Crippen LogP contribution in [0.15, 0.2) is 18.2 Å². The van der Waals surface area contributed by atoms with Gasteiger partial charge >= 0.3 is 0 Å². The largest absolute Gasteiger partial charge is 0.370 e. The molecule has 2 atom stereocenters. The first kappa shape index (κ1) is 12.0. The Balaban J connectivity index is 1.85. The molecule has 3 rings (SSSR count). The Bertz CT molecular complexity index is 473. The quantitative estimate of drug-likeness (QED) is 0.841. The molecule has 2 heterocycles. The van der Waals surface area contributed by atoms with Crippen molar-refractivity contribution in [1.29, 1.82) is 0 Å². The van der Waals surface area contributed by atoms with Crippen LogP contribution in [-0.4, -0.2) is 32.0 Å². The van der Waals surface area contributed by atoms with Crippen LogP contribution < -0.4 is 10.2 Å². The van der Waals surface area contributed by atoms with Gasteiger partial charge in [-0.05, 0) is 24.6 Å². The molecule has 0 radical (unpaired) electrons. The SMILES string of the molecule is Cc1ccc(N2CC3CNCC(C2)C3=O)cc1Cl. The fourth-order valence-electron chi connectivity index (χ4n) is 2.87. The van der Waals surface area contributed by atoms with Gasteiger partial charge < -0.3 is 10.2 Å². The van der Waals surface area contributed by atoms with Crippen LogP contribution in [0.25, 0.3) is 0 Å². The lowest BCUT2D eigenvalue weighted by Crippen LogP contribution is -2.57. The minimum Gasteiger partial charge on any atom is -0.370 e. The number of aryl methyl sites for hydroxylation is 1. The van der Waals surface area contributed by atoms with E-state index >= 15 is 0 Å². The number of hydrogen-bond donors (Lipinski definition) is 1. The molecular weight excluding hydrogens is 248 g/mol. The smallest absolute Gasteiger partial charge is 0.145 e. The number of carbonyl (C=O) groups excluding carboxylic acids is 1. The highest BCUT2D eigenvalue weighted by Gasteiger charge is 2.37. The third kappa shape index (κ3) is 2.02. The highest BCUT2D eigenvalue weighted by molar-refractivity contribution is 6.31. The van der Waals surface area contributed by atoms with E-state index in [0.29, 0.717) is 5.78 Å². The standard InChI is InChI=1S/C14H17ClN2O/c1-9-2-3-12(4-13(9)15)17-7-10-5-16-6-11(8-17)14(10)18/h2-4,10-11,16H,5-8H2,1H3. The zero-order valence-corrected chi connectivity index (χ0v) is 11.2. The maximum atomic E-state index is 12.0. The predicted octanol–water partition coefficient (Wildman–Crippen LogP) is 1.87. The first-order valence-electron chi connectivity index (χ1n) is 6.40. The van der Waals surface area contributed by atoms with Gasteiger partial charge in [0.05, 0.1) is 0 Å². The number of fused-ring (bicyclic) bond motifs is 2. The number of benzene rings is 1. The molecule has 96 valence electrons. The van der Waals surface area contributed by atoms with Crippen LogP contribution in [0.5, 0.6) is 0 Å². The molecular formula is C14H17ClN2O. The number of rotatable bonds is 1. The summed E-state index contributed by atoms with van der Waals surface area (Å²) in [5, 5.41) is 4.13. The Hall–Kier alpha value is -1.06. The highest BCUT2D eigenvalue weighted by Crippen LogP contribution is 2.29. The van der Waals surface area contributed by atoms with Gasteiger partial charge in [0, 0.05) is 48.7 Å². The Labute approximate surface area is 112 Å². The number of carbonyl (C=O) groups is 1. The lowest BCUT2D eigenvalue weighted by atomic mass is 9.84. The van der Waals surface area contributed by atoms with Crippen molar-refractivity contribution in [2.45, 2.75) is 6.92 Å². The van der Waals surface area contributed by atoms with E-state index in [1.807, 2.05) is 19.1 Å². The molecule has 18 heavy (non-hydrogen) atoms. The molecule has 2 fully saturated rings. The average Bonchev–Trinajstić information content (AvgIpc) is 2.32. The van der Waals surface area contributed by atoms with Gasteiger partial charge in [-0.1, -0.05) is 17.7 Å². The van der Waals surface area contributed by atoms with E-state index in [1.54, 1.807) is 0 Å². The molecule has 2 aliphatic heterocycles. The van der Waals surface area contributed by atoms with Crippen LogP contribution in [-0.2, 0) is 4.79 Å².